The van der Waals surface area contributed by atoms with Crippen molar-refractivity contribution in [1.82, 2.24) is 9.78 Å². The summed E-state index contributed by atoms with van der Waals surface area (Å²) >= 11 is 0. The largest absolute Gasteiger partial charge is 0.295 e. The highest BCUT2D eigenvalue weighted by atomic mass is 16.1. The molecule has 5 aliphatic carbocycles. The molecule has 208 valence electrons. The van der Waals surface area contributed by atoms with Gasteiger partial charge in [0.25, 0.3) is 0 Å². The number of aromatic nitrogens is 2. The molecule has 0 amide bonds. The zero-order chi connectivity index (χ0) is 28.2. The summed E-state index contributed by atoms with van der Waals surface area (Å²) in [4.78, 5) is 27.9. The summed E-state index contributed by atoms with van der Waals surface area (Å²) in [5.74, 6) is 1.66. The van der Waals surface area contributed by atoms with E-state index in [1.807, 2.05) is 38.3 Å². The Bertz CT molecular complexity index is 1330. The highest BCUT2D eigenvalue weighted by Crippen LogP contribution is 2.74. The van der Waals surface area contributed by atoms with Crippen LogP contribution in [0.4, 0.5) is 0 Å². The van der Waals surface area contributed by atoms with E-state index in [9.17, 15) is 14.9 Å². The molecule has 1 aromatic rings. The van der Waals surface area contributed by atoms with Crippen LogP contribution in [0.2, 0.25) is 0 Å². The van der Waals surface area contributed by atoms with Crippen LogP contribution in [0, 0.1) is 68.0 Å². The number of carbonyl (C=O) groups is 2. The fraction of sp³-hybridized carbons (Fsp3) is 0.706. The third-order valence-electron chi connectivity index (χ3n) is 13.4. The summed E-state index contributed by atoms with van der Waals surface area (Å²) in [7, 11) is 0. The van der Waals surface area contributed by atoms with E-state index in [1.165, 1.54) is 12.0 Å². The number of nitrogens with zero attached hydrogens (tertiary/aromatic N) is 3. The van der Waals surface area contributed by atoms with E-state index >= 15 is 0 Å². The minimum atomic E-state index is -0.629. The first-order valence-electron chi connectivity index (χ1n) is 15.2. The van der Waals surface area contributed by atoms with Crippen LogP contribution >= 0.6 is 0 Å². The van der Waals surface area contributed by atoms with Crippen molar-refractivity contribution in [3.05, 3.63) is 41.8 Å². The first kappa shape index (κ1) is 26.7. The van der Waals surface area contributed by atoms with Crippen LogP contribution in [0.1, 0.15) is 87.0 Å². The molecule has 9 atom stereocenters. The van der Waals surface area contributed by atoms with E-state index in [0.717, 1.165) is 38.6 Å². The second-order valence-corrected chi connectivity index (χ2v) is 15.2. The molecule has 39 heavy (non-hydrogen) atoms. The smallest absolute Gasteiger partial charge is 0.178 e. The minimum absolute atomic E-state index is 0.0221. The van der Waals surface area contributed by atoms with E-state index < -0.39 is 10.8 Å². The van der Waals surface area contributed by atoms with Crippen LogP contribution < -0.4 is 0 Å². The van der Waals surface area contributed by atoms with Crippen molar-refractivity contribution in [1.29, 1.82) is 5.26 Å². The molecule has 0 N–H and O–H groups in total. The Hall–Kier alpha value is -2.48. The minimum Gasteiger partial charge on any atom is -0.295 e. The number of hydrogen-bond acceptors (Lipinski definition) is 4. The van der Waals surface area contributed by atoms with Crippen molar-refractivity contribution in [2.75, 3.05) is 0 Å². The average molecular weight is 528 g/mol. The highest BCUT2D eigenvalue weighted by molar-refractivity contribution is 6.04. The third kappa shape index (κ3) is 3.27. The molecule has 5 nitrogen and oxygen atoms in total. The summed E-state index contributed by atoms with van der Waals surface area (Å²) in [5, 5.41) is 14.5. The second kappa shape index (κ2) is 8.27. The predicted molar refractivity (Wildman–Crippen MR) is 151 cm³/mol. The summed E-state index contributed by atoms with van der Waals surface area (Å²) in [6, 6.07) is 4.23. The lowest BCUT2D eigenvalue weighted by Crippen LogP contribution is -2.66. The van der Waals surface area contributed by atoms with Crippen LogP contribution in [0.25, 0.3) is 0 Å². The summed E-state index contributed by atoms with van der Waals surface area (Å²) in [6.45, 7) is 16.7. The Morgan fingerprint density at radius 2 is 1.79 bits per heavy atom. The molecule has 0 spiro atoms. The lowest BCUT2D eigenvalue weighted by molar-refractivity contribution is -0.180. The Kier molecular flexibility index (Phi) is 5.67. The summed E-state index contributed by atoms with van der Waals surface area (Å²) in [6.07, 6.45) is 14.3. The zero-order valence-electron chi connectivity index (χ0n) is 24.9. The molecule has 0 unspecified atom stereocenters. The van der Waals surface area contributed by atoms with Crippen LogP contribution in [0.3, 0.4) is 0 Å². The van der Waals surface area contributed by atoms with Gasteiger partial charge in [0.1, 0.15) is 6.07 Å². The molecule has 3 fully saturated rings. The maximum atomic E-state index is 14.6. The Labute approximate surface area is 234 Å². The van der Waals surface area contributed by atoms with Crippen molar-refractivity contribution in [3.63, 3.8) is 0 Å². The monoisotopic (exact) mass is 527 g/mol. The second-order valence-electron chi connectivity index (χ2n) is 15.2. The molecular weight excluding hydrogens is 482 g/mol. The SMILES string of the molecule is C[C@@H]1[C@H]2[C@H]3C(=O)C=C4[C@@]5(C)C=C(C#N)C(=O)C(C)(C)[C@@H]5CC[C@@]4(C)[C@]3(C)CC[C@@]2(Cn2cccn2)CC[C@H]1C. The first-order chi connectivity index (χ1) is 18.2. The van der Waals surface area contributed by atoms with Crippen LogP contribution in [-0.2, 0) is 16.1 Å². The summed E-state index contributed by atoms with van der Waals surface area (Å²) < 4.78 is 2.11. The maximum Gasteiger partial charge on any atom is 0.178 e. The zero-order valence-corrected chi connectivity index (χ0v) is 24.9. The molecule has 1 aromatic heterocycles. The number of nitriles is 1. The van der Waals surface area contributed by atoms with Gasteiger partial charge in [-0.2, -0.15) is 10.4 Å². The number of ketones is 2. The molecule has 0 aliphatic heterocycles. The van der Waals surface area contributed by atoms with Crippen LogP contribution in [-0.4, -0.2) is 21.3 Å². The normalized spacial score (nSPS) is 46.6. The number of hydrogen-bond donors (Lipinski definition) is 0. The van der Waals surface area contributed by atoms with Crippen molar-refractivity contribution < 1.29 is 9.59 Å². The van der Waals surface area contributed by atoms with Gasteiger partial charge in [-0.15, -0.1) is 0 Å². The van der Waals surface area contributed by atoms with Gasteiger partial charge in [-0.05, 0) is 90.6 Å². The molecule has 0 bridgehead atoms. The van der Waals surface area contributed by atoms with Gasteiger partial charge in [0, 0.05) is 35.7 Å². The van der Waals surface area contributed by atoms with Gasteiger partial charge >= 0.3 is 0 Å². The van der Waals surface area contributed by atoms with Gasteiger partial charge in [0.2, 0.25) is 0 Å². The Morgan fingerprint density at radius 1 is 1.05 bits per heavy atom. The number of carbonyl (C=O) groups excluding carboxylic acids is 2. The number of allylic oxidation sites excluding steroid dienone is 4. The average Bonchev–Trinajstić information content (AvgIpc) is 3.39. The fourth-order valence-corrected chi connectivity index (χ4v) is 11.0. The number of fused-ring (bicyclic) bond motifs is 7. The summed E-state index contributed by atoms with van der Waals surface area (Å²) in [5.41, 5.74) is 0.0819. The molecular formula is C34H45N3O2. The highest BCUT2D eigenvalue weighted by Gasteiger charge is 2.70. The van der Waals surface area contributed by atoms with E-state index in [-0.39, 0.29) is 45.2 Å². The first-order valence-corrected chi connectivity index (χ1v) is 15.2. The van der Waals surface area contributed by atoms with Crippen molar-refractivity contribution in [3.8, 4) is 6.07 Å². The van der Waals surface area contributed by atoms with E-state index in [0.29, 0.717) is 17.8 Å². The standard InChI is InChI=1S/C34H45N3O2/c1-21-9-12-34(20-37-16-8-15-36-37)14-13-33(7)28(27(34)22(21)2)24(38)17-26-31(5)18-23(19-35)29(39)30(3,4)25(31)10-11-32(26,33)6/h8,15-18,21-22,25,27-28H,9-14,20H2,1-7H3/t21-,22+,25+,27+,28-,31+,32-,33-,34-/m1/s1. The van der Waals surface area contributed by atoms with Crippen LogP contribution in [0.5, 0.6) is 0 Å². The van der Waals surface area contributed by atoms with E-state index in [4.69, 9.17) is 0 Å². The van der Waals surface area contributed by atoms with Gasteiger partial charge in [-0.25, -0.2) is 0 Å². The Morgan fingerprint density at radius 3 is 2.46 bits per heavy atom. The van der Waals surface area contributed by atoms with Gasteiger partial charge in [-0.3, -0.25) is 14.3 Å². The van der Waals surface area contributed by atoms with E-state index in [1.54, 1.807) is 0 Å². The molecule has 5 aliphatic rings. The number of Topliss-reactive ketones (excluding diaryl/α,β-unsaturated/α-hetero) is 1. The lowest BCUT2D eigenvalue weighted by Gasteiger charge is -2.69. The quantitative estimate of drug-likeness (QED) is 0.417. The Balaban J connectivity index is 1.52. The van der Waals surface area contributed by atoms with Crippen LogP contribution in [0.15, 0.2) is 41.8 Å². The molecule has 5 heteroatoms. The third-order valence-corrected chi connectivity index (χ3v) is 13.4. The van der Waals surface area contributed by atoms with Gasteiger partial charge in [0.05, 0.1) is 5.57 Å². The molecule has 1 heterocycles. The van der Waals surface area contributed by atoms with Gasteiger partial charge < -0.3 is 0 Å². The molecule has 0 aromatic carbocycles. The lowest BCUT2D eigenvalue weighted by atomic mass is 9.34. The molecule has 6 rings (SSSR count). The van der Waals surface area contributed by atoms with Crippen molar-refractivity contribution in [2.45, 2.75) is 93.5 Å². The number of rotatable bonds is 2. The van der Waals surface area contributed by atoms with Gasteiger partial charge in [-0.1, -0.05) is 60.1 Å². The molecule has 0 saturated heterocycles. The van der Waals surface area contributed by atoms with E-state index in [2.05, 4.69) is 56.7 Å². The fourth-order valence-electron chi connectivity index (χ4n) is 11.0. The molecule has 0 radical (unpaired) electrons. The van der Waals surface area contributed by atoms with Gasteiger partial charge in [0.15, 0.2) is 11.6 Å². The maximum absolute atomic E-state index is 14.6. The predicted octanol–water partition coefficient (Wildman–Crippen LogP) is 6.96. The van der Waals surface area contributed by atoms with Crippen molar-refractivity contribution in [2.24, 2.45) is 56.7 Å². The topological polar surface area (TPSA) is 75.8 Å². The van der Waals surface area contributed by atoms with Crippen molar-refractivity contribution >= 4 is 11.6 Å². The molecule has 3 saturated carbocycles.